The molecule has 2 N–H and O–H groups in total. The van der Waals surface area contributed by atoms with Gasteiger partial charge in [-0.25, -0.2) is 0 Å². The van der Waals surface area contributed by atoms with Gasteiger partial charge in [0.2, 0.25) is 5.91 Å². The van der Waals surface area contributed by atoms with Gasteiger partial charge < -0.3 is 10.6 Å². The molecule has 1 saturated heterocycles. The minimum Gasteiger partial charge on any atom is -0.339 e. The van der Waals surface area contributed by atoms with Gasteiger partial charge in [-0.2, -0.15) is 0 Å². The maximum absolute atomic E-state index is 12.0. The van der Waals surface area contributed by atoms with Crippen LogP contribution in [0.5, 0.6) is 0 Å². The zero-order valence-electron chi connectivity index (χ0n) is 11.0. The molecule has 1 saturated carbocycles. The van der Waals surface area contributed by atoms with E-state index in [0.29, 0.717) is 6.42 Å². The Morgan fingerprint density at radius 1 is 1.28 bits per heavy atom. The third kappa shape index (κ3) is 3.04. The Morgan fingerprint density at radius 2 is 1.89 bits per heavy atom. The van der Waals surface area contributed by atoms with E-state index in [9.17, 15) is 4.79 Å². The highest BCUT2D eigenvalue weighted by Crippen LogP contribution is 2.24. The quantitative estimate of drug-likeness (QED) is 0.738. The zero-order valence-corrected chi connectivity index (χ0v) is 11.0. The Hall–Kier alpha value is -1.05. The van der Waals surface area contributed by atoms with Crippen LogP contribution < -0.4 is 5.73 Å². The van der Waals surface area contributed by atoms with E-state index in [1.807, 2.05) is 4.90 Å². The number of rotatable bonds is 3. The summed E-state index contributed by atoms with van der Waals surface area (Å²) in [5.74, 6) is 2.47. The maximum Gasteiger partial charge on any atom is 0.240 e. The summed E-state index contributed by atoms with van der Waals surface area (Å²) >= 11 is 0. The average Bonchev–Trinajstić information content (AvgIpc) is 2.92. The van der Waals surface area contributed by atoms with E-state index in [2.05, 4.69) is 10.8 Å². The van der Waals surface area contributed by atoms with Gasteiger partial charge in [0.1, 0.15) is 0 Å². The minimum absolute atomic E-state index is 0.0130. The Labute approximate surface area is 109 Å². The van der Waals surface area contributed by atoms with E-state index < -0.39 is 6.04 Å². The van der Waals surface area contributed by atoms with Gasteiger partial charge in [-0.15, -0.1) is 12.3 Å². The van der Waals surface area contributed by atoms with E-state index in [0.717, 1.165) is 32.2 Å². The van der Waals surface area contributed by atoms with Crippen LogP contribution in [0.3, 0.4) is 0 Å². The highest BCUT2D eigenvalue weighted by atomic mass is 16.2. The second-order valence-electron chi connectivity index (χ2n) is 5.31. The predicted molar refractivity (Wildman–Crippen MR) is 71.8 cm³/mol. The molecular weight excluding hydrogens is 226 g/mol. The summed E-state index contributed by atoms with van der Waals surface area (Å²) in [7, 11) is 0. The summed E-state index contributed by atoms with van der Waals surface area (Å²) in [6.07, 6.45) is 10.9. The Balaban J connectivity index is 1.79. The number of piperazine rings is 1. The lowest BCUT2D eigenvalue weighted by molar-refractivity contribution is -0.134. The van der Waals surface area contributed by atoms with Crippen LogP contribution in [0.2, 0.25) is 0 Å². The van der Waals surface area contributed by atoms with Gasteiger partial charge in [-0.3, -0.25) is 9.69 Å². The summed E-state index contributed by atoms with van der Waals surface area (Å²) in [6.45, 7) is 3.57. The van der Waals surface area contributed by atoms with Gasteiger partial charge in [-0.05, 0) is 12.8 Å². The average molecular weight is 249 g/mol. The molecule has 0 aromatic rings. The number of carbonyl (C=O) groups excluding carboxylic acids is 1. The van der Waals surface area contributed by atoms with Crippen LogP contribution in [0.25, 0.3) is 0 Å². The van der Waals surface area contributed by atoms with Crippen molar-refractivity contribution in [2.75, 3.05) is 26.2 Å². The van der Waals surface area contributed by atoms with E-state index in [4.69, 9.17) is 12.2 Å². The largest absolute Gasteiger partial charge is 0.339 e. The van der Waals surface area contributed by atoms with Gasteiger partial charge in [0.05, 0.1) is 6.04 Å². The van der Waals surface area contributed by atoms with Crippen LogP contribution >= 0.6 is 0 Å². The molecule has 0 bridgehead atoms. The van der Waals surface area contributed by atoms with Crippen molar-refractivity contribution in [1.82, 2.24) is 9.80 Å². The smallest absolute Gasteiger partial charge is 0.240 e. The van der Waals surface area contributed by atoms with E-state index in [-0.39, 0.29) is 5.91 Å². The molecule has 2 aliphatic rings. The van der Waals surface area contributed by atoms with Crippen LogP contribution in [0, 0.1) is 12.3 Å². The Kier molecular flexibility index (Phi) is 4.62. The van der Waals surface area contributed by atoms with Crippen LogP contribution in [0.4, 0.5) is 0 Å². The first-order chi connectivity index (χ1) is 8.72. The van der Waals surface area contributed by atoms with Gasteiger partial charge in [-0.1, -0.05) is 12.8 Å². The molecule has 1 atom stereocenters. The summed E-state index contributed by atoms with van der Waals surface area (Å²) in [4.78, 5) is 16.4. The van der Waals surface area contributed by atoms with E-state index in [1.165, 1.54) is 25.7 Å². The first-order valence-corrected chi connectivity index (χ1v) is 6.94. The number of carbonyl (C=O) groups is 1. The number of terminal acetylenes is 1. The third-order valence-corrected chi connectivity index (χ3v) is 4.12. The van der Waals surface area contributed by atoms with Crippen molar-refractivity contribution in [1.29, 1.82) is 0 Å². The van der Waals surface area contributed by atoms with Crippen molar-refractivity contribution >= 4 is 5.91 Å². The van der Waals surface area contributed by atoms with Crippen molar-refractivity contribution < 1.29 is 4.79 Å². The molecule has 0 aromatic heterocycles. The molecule has 4 nitrogen and oxygen atoms in total. The first-order valence-electron chi connectivity index (χ1n) is 6.94. The predicted octanol–water partition coefficient (Wildman–Crippen LogP) is 0.424. The molecule has 1 heterocycles. The fraction of sp³-hybridized carbons (Fsp3) is 0.786. The molecule has 2 rings (SSSR count). The lowest BCUT2D eigenvalue weighted by atomic mass is 10.1. The standard InChI is InChI=1S/C14H23N3O/c1-2-5-13(15)14(18)17-10-8-16(9-11-17)12-6-3-4-7-12/h1,12-13H,3-11,15H2. The normalized spacial score (nSPS) is 23.9. The van der Waals surface area contributed by atoms with E-state index in [1.54, 1.807) is 0 Å². The van der Waals surface area contributed by atoms with Gasteiger partial charge in [0, 0.05) is 38.6 Å². The number of hydrogen-bond acceptors (Lipinski definition) is 3. The van der Waals surface area contributed by atoms with Crippen LogP contribution in [-0.2, 0) is 4.79 Å². The molecule has 4 heteroatoms. The highest BCUT2D eigenvalue weighted by molar-refractivity contribution is 5.82. The molecule has 0 spiro atoms. The minimum atomic E-state index is -0.520. The molecule has 100 valence electrons. The second-order valence-corrected chi connectivity index (χ2v) is 5.31. The number of amides is 1. The molecular formula is C14H23N3O. The molecule has 1 aliphatic heterocycles. The molecule has 18 heavy (non-hydrogen) atoms. The van der Waals surface area contributed by atoms with E-state index >= 15 is 0 Å². The molecule has 1 unspecified atom stereocenters. The fourth-order valence-corrected chi connectivity index (χ4v) is 3.03. The summed E-state index contributed by atoms with van der Waals surface area (Å²) in [6, 6.07) is 0.231. The SMILES string of the molecule is C#CCC(N)C(=O)N1CCN(C2CCCC2)CC1. The molecule has 0 aromatic carbocycles. The molecule has 0 radical (unpaired) electrons. The molecule has 1 amide bonds. The number of hydrogen-bond donors (Lipinski definition) is 1. The Bertz CT molecular complexity index is 322. The van der Waals surface area contributed by atoms with Crippen molar-refractivity contribution in [3.05, 3.63) is 0 Å². The van der Waals surface area contributed by atoms with Crippen LogP contribution in [-0.4, -0.2) is 54.0 Å². The van der Waals surface area contributed by atoms with Gasteiger partial charge in [0.25, 0.3) is 0 Å². The highest BCUT2D eigenvalue weighted by Gasteiger charge is 2.29. The summed E-state index contributed by atoms with van der Waals surface area (Å²) < 4.78 is 0. The van der Waals surface area contributed by atoms with Gasteiger partial charge in [0.15, 0.2) is 0 Å². The van der Waals surface area contributed by atoms with Crippen LogP contribution in [0.1, 0.15) is 32.1 Å². The fourth-order valence-electron chi connectivity index (χ4n) is 3.03. The summed E-state index contributed by atoms with van der Waals surface area (Å²) in [5, 5.41) is 0. The molecule has 1 aliphatic carbocycles. The van der Waals surface area contributed by atoms with Crippen molar-refractivity contribution in [2.45, 2.75) is 44.2 Å². The zero-order chi connectivity index (χ0) is 13.0. The summed E-state index contributed by atoms with van der Waals surface area (Å²) in [5.41, 5.74) is 5.77. The van der Waals surface area contributed by atoms with Crippen molar-refractivity contribution in [3.8, 4) is 12.3 Å². The van der Waals surface area contributed by atoms with Crippen molar-refractivity contribution in [3.63, 3.8) is 0 Å². The van der Waals surface area contributed by atoms with Gasteiger partial charge >= 0.3 is 0 Å². The van der Waals surface area contributed by atoms with Crippen molar-refractivity contribution in [2.24, 2.45) is 5.73 Å². The number of nitrogens with zero attached hydrogens (tertiary/aromatic N) is 2. The lowest BCUT2D eigenvalue weighted by Crippen LogP contribution is -2.54. The first kappa shape index (κ1) is 13.4. The second kappa shape index (κ2) is 6.21. The Morgan fingerprint density at radius 3 is 2.44 bits per heavy atom. The number of nitrogens with two attached hydrogens (primary N) is 1. The molecule has 2 fully saturated rings. The maximum atomic E-state index is 12.0. The lowest BCUT2D eigenvalue weighted by Gasteiger charge is -2.38. The monoisotopic (exact) mass is 249 g/mol. The van der Waals surface area contributed by atoms with Crippen LogP contribution in [0.15, 0.2) is 0 Å². The topological polar surface area (TPSA) is 49.6 Å². The third-order valence-electron chi connectivity index (χ3n) is 4.12.